The number of aromatic hydroxyl groups is 1. The Hall–Kier alpha value is -2.25. The molecule has 0 fully saturated rings. The highest BCUT2D eigenvalue weighted by Crippen LogP contribution is 2.21. The van der Waals surface area contributed by atoms with Gasteiger partial charge in [0.1, 0.15) is 5.75 Å². The minimum Gasteiger partial charge on any atom is -0.507 e. The molecule has 23 heavy (non-hydrogen) atoms. The van der Waals surface area contributed by atoms with Gasteiger partial charge in [-0.25, -0.2) is 5.10 Å². The second kappa shape index (κ2) is 6.47. The zero-order chi connectivity index (χ0) is 16.4. The van der Waals surface area contributed by atoms with Crippen LogP contribution in [-0.4, -0.2) is 26.2 Å². The van der Waals surface area contributed by atoms with Crippen LogP contribution in [0.15, 0.2) is 52.0 Å². The lowest BCUT2D eigenvalue weighted by Gasteiger charge is -2.03. The van der Waals surface area contributed by atoms with Crippen molar-refractivity contribution in [3.8, 4) is 17.1 Å². The fraction of sp³-hybridized carbons (Fsp3) is 0.0625. The van der Waals surface area contributed by atoms with Gasteiger partial charge >= 0.3 is 0 Å². The number of hydrogen-bond acceptors (Lipinski definition) is 4. The van der Waals surface area contributed by atoms with Gasteiger partial charge in [-0.05, 0) is 43.4 Å². The number of benzene rings is 2. The summed E-state index contributed by atoms with van der Waals surface area (Å²) in [7, 11) is 0. The molecule has 0 saturated heterocycles. The number of phenolic OH excluding ortho intramolecular Hbond substituents is 1. The number of phenols is 1. The summed E-state index contributed by atoms with van der Waals surface area (Å²) in [6.45, 7) is 2.01. The molecule has 1 heterocycles. The van der Waals surface area contributed by atoms with E-state index in [1.807, 2.05) is 31.2 Å². The number of aryl methyl sites for hydroxylation is 1. The normalized spacial score (nSPS) is 11.2. The molecule has 1 aromatic heterocycles. The predicted octanol–water partition coefficient (Wildman–Crippen LogP) is 4.27. The Morgan fingerprint density at radius 3 is 2.91 bits per heavy atom. The number of aromatic nitrogens is 3. The van der Waals surface area contributed by atoms with Crippen molar-refractivity contribution in [3.63, 3.8) is 0 Å². The molecule has 0 aliphatic heterocycles. The third-order valence-corrected chi connectivity index (χ3v) is 3.99. The average Bonchev–Trinajstić information content (AvgIpc) is 2.89. The molecule has 0 aliphatic rings. The smallest absolute Gasteiger partial charge is 0.216 e. The summed E-state index contributed by atoms with van der Waals surface area (Å²) in [6.07, 6.45) is 1.55. The minimum absolute atomic E-state index is 0.143. The predicted molar refractivity (Wildman–Crippen MR) is 96.4 cm³/mol. The summed E-state index contributed by atoms with van der Waals surface area (Å²) in [6, 6.07) is 13.0. The highest BCUT2D eigenvalue weighted by atomic mass is 79.9. The summed E-state index contributed by atoms with van der Waals surface area (Å²) >= 11 is 8.61. The minimum atomic E-state index is 0.143. The van der Waals surface area contributed by atoms with E-state index in [1.54, 1.807) is 24.4 Å². The van der Waals surface area contributed by atoms with Crippen molar-refractivity contribution in [2.75, 3.05) is 0 Å². The maximum Gasteiger partial charge on any atom is 0.216 e. The fourth-order valence-corrected chi connectivity index (χ4v) is 2.68. The first-order chi connectivity index (χ1) is 11.0. The molecule has 0 bridgehead atoms. The fourth-order valence-electron chi connectivity index (χ4n) is 2.12. The van der Waals surface area contributed by atoms with Crippen LogP contribution in [0.2, 0.25) is 0 Å². The summed E-state index contributed by atoms with van der Waals surface area (Å²) in [5.41, 5.74) is 2.61. The molecule has 3 rings (SSSR count). The van der Waals surface area contributed by atoms with Crippen LogP contribution in [0.25, 0.3) is 11.4 Å². The van der Waals surface area contributed by atoms with E-state index in [2.05, 4.69) is 31.2 Å². The molecule has 0 radical (unpaired) electrons. The summed E-state index contributed by atoms with van der Waals surface area (Å²) in [4.78, 5) is 0. The summed E-state index contributed by atoms with van der Waals surface area (Å²) < 4.78 is 2.77. The topological polar surface area (TPSA) is 66.2 Å². The largest absolute Gasteiger partial charge is 0.507 e. The lowest BCUT2D eigenvalue weighted by atomic mass is 10.1. The molecule has 0 amide bonds. The van der Waals surface area contributed by atoms with E-state index in [0.717, 1.165) is 15.6 Å². The monoisotopic (exact) mass is 388 g/mol. The molecule has 0 atom stereocenters. The summed E-state index contributed by atoms with van der Waals surface area (Å²) in [5, 5.41) is 21.2. The molecule has 5 nitrogen and oxygen atoms in total. The second-order valence-corrected chi connectivity index (χ2v) is 6.28. The molecular weight excluding hydrogens is 376 g/mol. The van der Waals surface area contributed by atoms with E-state index >= 15 is 0 Å². The van der Waals surface area contributed by atoms with Gasteiger partial charge in [0.15, 0.2) is 5.82 Å². The Morgan fingerprint density at radius 1 is 1.30 bits per heavy atom. The maximum absolute atomic E-state index is 9.88. The van der Waals surface area contributed by atoms with Crippen LogP contribution in [0.4, 0.5) is 0 Å². The van der Waals surface area contributed by atoms with Crippen LogP contribution in [0.1, 0.15) is 11.1 Å². The van der Waals surface area contributed by atoms with Gasteiger partial charge in [-0.2, -0.15) is 14.9 Å². The molecule has 3 aromatic rings. The van der Waals surface area contributed by atoms with Crippen molar-refractivity contribution in [3.05, 3.63) is 62.8 Å². The number of nitrogens with one attached hydrogen (secondary N) is 1. The van der Waals surface area contributed by atoms with Crippen molar-refractivity contribution in [2.24, 2.45) is 5.10 Å². The van der Waals surface area contributed by atoms with Crippen LogP contribution in [0.3, 0.4) is 0 Å². The molecule has 0 saturated carbocycles. The van der Waals surface area contributed by atoms with E-state index < -0.39 is 0 Å². The summed E-state index contributed by atoms with van der Waals surface area (Å²) in [5.74, 6) is 0.758. The highest BCUT2D eigenvalue weighted by Gasteiger charge is 2.08. The average molecular weight is 389 g/mol. The zero-order valence-electron chi connectivity index (χ0n) is 12.2. The van der Waals surface area contributed by atoms with Crippen LogP contribution in [0.5, 0.6) is 5.75 Å². The number of halogens is 1. The molecule has 116 valence electrons. The molecular formula is C16H13BrN4OS. The van der Waals surface area contributed by atoms with E-state index in [4.69, 9.17) is 12.2 Å². The maximum atomic E-state index is 9.88. The number of aromatic amines is 1. The van der Waals surface area contributed by atoms with E-state index in [-0.39, 0.29) is 5.75 Å². The van der Waals surface area contributed by atoms with Crippen molar-refractivity contribution in [2.45, 2.75) is 6.92 Å². The van der Waals surface area contributed by atoms with Gasteiger partial charge in [-0.1, -0.05) is 39.7 Å². The van der Waals surface area contributed by atoms with Gasteiger partial charge in [0, 0.05) is 15.6 Å². The number of hydrogen-bond donors (Lipinski definition) is 2. The van der Waals surface area contributed by atoms with Crippen molar-refractivity contribution in [1.82, 2.24) is 14.9 Å². The van der Waals surface area contributed by atoms with Gasteiger partial charge in [0.25, 0.3) is 0 Å². The Labute approximate surface area is 146 Å². The van der Waals surface area contributed by atoms with Crippen LogP contribution in [-0.2, 0) is 0 Å². The first-order valence-corrected chi connectivity index (χ1v) is 8.02. The number of H-pyrrole nitrogens is 1. The Balaban J connectivity index is 2.04. The molecule has 0 spiro atoms. The third kappa shape index (κ3) is 3.40. The number of rotatable bonds is 3. The van der Waals surface area contributed by atoms with Crippen molar-refractivity contribution < 1.29 is 5.11 Å². The SMILES string of the molecule is Cc1cccc(-c2n[nH]c(=S)n2N=Cc2cc(Br)ccc2O)c1. The van der Waals surface area contributed by atoms with Gasteiger partial charge < -0.3 is 5.11 Å². The van der Waals surface area contributed by atoms with Crippen molar-refractivity contribution >= 4 is 34.4 Å². The quantitative estimate of drug-likeness (QED) is 0.520. The van der Waals surface area contributed by atoms with Gasteiger partial charge in [0.2, 0.25) is 4.77 Å². The Bertz CT molecular complexity index is 945. The molecule has 0 aliphatic carbocycles. The second-order valence-electron chi connectivity index (χ2n) is 4.98. The standard InChI is InChI=1S/C16H13BrN4OS/c1-10-3-2-4-11(7-10)15-19-20-16(23)21(15)18-9-12-8-13(17)5-6-14(12)22/h2-9,22H,1H3,(H,20,23). The lowest BCUT2D eigenvalue weighted by Crippen LogP contribution is -1.95. The zero-order valence-corrected chi connectivity index (χ0v) is 14.6. The van der Waals surface area contributed by atoms with Gasteiger partial charge in [0.05, 0.1) is 6.21 Å². The van der Waals surface area contributed by atoms with Crippen LogP contribution in [0, 0.1) is 11.7 Å². The van der Waals surface area contributed by atoms with Gasteiger partial charge in [-0.15, -0.1) is 0 Å². The molecule has 0 unspecified atom stereocenters. The van der Waals surface area contributed by atoms with E-state index in [9.17, 15) is 5.11 Å². The highest BCUT2D eigenvalue weighted by molar-refractivity contribution is 9.10. The Morgan fingerprint density at radius 2 is 2.13 bits per heavy atom. The third-order valence-electron chi connectivity index (χ3n) is 3.23. The van der Waals surface area contributed by atoms with E-state index in [1.165, 1.54) is 4.68 Å². The van der Waals surface area contributed by atoms with Crippen molar-refractivity contribution in [1.29, 1.82) is 0 Å². The number of nitrogens with zero attached hydrogens (tertiary/aromatic N) is 3. The molecule has 2 aromatic carbocycles. The molecule has 2 N–H and O–H groups in total. The Kier molecular flexibility index (Phi) is 4.40. The lowest BCUT2D eigenvalue weighted by molar-refractivity contribution is 0.474. The van der Waals surface area contributed by atoms with Crippen LogP contribution < -0.4 is 0 Å². The van der Waals surface area contributed by atoms with Crippen LogP contribution >= 0.6 is 28.1 Å². The van der Waals surface area contributed by atoms with Gasteiger partial charge in [-0.3, -0.25) is 0 Å². The first kappa shape index (κ1) is 15.6. The first-order valence-electron chi connectivity index (χ1n) is 6.82. The van der Waals surface area contributed by atoms with E-state index in [0.29, 0.717) is 16.2 Å². The molecule has 7 heteroatoms.